The maximum absolute atomic E-state index is 12.6. The molecule has 3 aromatic rings. The summed E-state index contributed by atoms with van der Waals surface area (Å²) in [6, 6.07) is 13.9. The fourth-order valence-electron chi connectivity index (χ4n) is 2.72. The van der Waals surface area contributed by atoms with Crippen LogP contribution in [-0.4, -0.2) is 27.3 Å². The van der Waals surface area contributed by atoms with Gasteiger partial charge in [0.25, 0.3) is 5.91 Å². The third kappa shape index (κ3) is 3.61. The number of rotatable bonds is 5. The van der Waals surface area contributed by atoms with Crippen molar-refractivity contribution in [2.45, 2.75) is 19.6 Å². The van der Waals surface area contributed by atoms with Gasteiger partial charge >= 0.3 is 0 Å². The molecule has 0 aliphatic carbocycles. The standard InChI is InChI=1S/C19H18ClN3O3/c1-2-23-15-9-8-13(20)10-14(15)18(25)17(22-23)19(26)21-11-16(24)12-6-4-3-5-7-12/h3-10,16,24H,2,11H2,1H3,(H,21,26). The predicted molar refractivity (Wildman–Crippen MR) is 100 cm³/mol. The van der Waals surface area contributed by atoms with E-state index in [1.54, 1.807) is 41.1 Å². The van der Waals surface area contributed by atoms with Crippen LogP contribution < -0.4 is 10.7 Å². The summed E-state index contributed by atoms with van der Waals surface area (Å²) in [5.41, 5.74) is 0.584. The molecule has 0 saturated heterocycles. The molecule has 2 aromatic carbocycles. The van der Waals surface area contributed by atoms with Crippen molar-refractivity contribution < 1.29 is 9.90 Å². The number of carbonyl (C=O) groups excluding carboxylic acids is 1. The second kappa shape index (κ2) is 7.68. The lowest BCUT2D eigenvalue weighted by atomic mass is 10.1. The van der Waals surface area contributed by atoms with E-state index in [1.165, 1.54) is 6.07 Å². The summed E-state index contributed by atoms with van der Waals surface area (Å²) in [5.74, 6) is -0.631. The number of aromatic nitrogens is 2. The highest BCUT2D eigenvalue weighted by Gasteiger charge is 2.18. The Morgan fingerprint density at radius 2 is 2.00 bits per heavy atom. The molecule has 0 radical (unpaired) electrons. The summed E-state index contributed by atoms with van der Waals surface area (Å²) in [7, 11) is 0. The minimum absolute atomic E-state index is 0.0241. The van der Waals surface area contributed by atoms with Gasteiger partial charge in [-0.25, -0.2) is 0 Å². The predicted octanol–water partition coefficient (Wildman–Crippen LogP) is 2.53. The van der Waals surface area contributed by atoms with Gasteiger partial charge in [0.2, 0.25) is 5.43 Å². The first-order valence-corrected chi connectivity index (χ1v) is 8.60. The van der Waals surface area contributed by atoms with Crippen molar-refractivity contribution in [3.63, 3.8) is 0 Å². The van der Waals surface area contributed by atoms with Gasteiger partial charge in [0.1, 0.15) is 0 Å². The Hall–Kier alpha value is -2.70. The van der Waals surface area contributed by atoms with E-state index in [9.17, 15) is 14.7 Å². The highest BCUT2D eigenvalue weighted by atomic mass is 35.5. The second-order valence-electron chi connectivity index (χ2n) is 5.79. The van der Waals surface area contributed by atoms with E-state index >= 15 is 0 Å². The van der Waals surface area contributed by atoms with Crippen molar-refractivity contribution in [2.75, 3.05) is 6.54 Å². The number of benzene rings is 2. The van der Waals surface area contributed by atoms with Gasteiger partial charge in [-0.2, -0.15) is 5.10 Å². The maximum atomic E-state index is 12.6. The van der Waals surface area contributed by atoms with Crippen molar-refractivity contribution in [1.29, 1.82) is 0 Å². The molecular formula is C19H18ClN3O3. The number of aliphatic hydroxyl groups excluding tert-OH is 1. The molecule has 1 atom stereocenters. The Morgan fingerprint density at radius 1 is 1.27 bits per heavy atom. The number of nitrogens with one attached hydrogen (secondary N) is 1. The Bertz CT molecular complexity index is 1000. The van der Waals surface area contributed by atoms with Crippen molar-refractivity contribution in [3.05, 3.63) is 75.0 Å². The lowest BCUT2D eigenvalue weighted by Crippen LogP contribution is -2.34. The zero-order valence-electron chi connectivity index (χ0n) is 14.1. The van der Waals surface area contributed by atoms with E-state index < -0.39 is 17.4 Å². The molecule has 1 aromatic heterocycles. The zero-order valence-corrected chi connectivity index (χ0v) is 14.9. The van der Waals surface area contributed by atoms with Crippen LogP contribution in [0.4, 0.5) is 0 Å². The molecule has 0 saturated carbocycles. The molecular weight excluding hydrogens is 354 g/mol. The van der Waals surface area contributed by atoms with Crippen LogP contribution in [0.3, 0.4) is 0 Å². The molecule has 7 heteroatoms. The number of aryl methyl sites for hydroxylation is 1. The van der Waals surface area contributed by atoms with Crippen LogP contribution in [0.1, 0.15) is 29.1 Å². The molecule has 26 heavy (non-hydrogen) atoms. The van der Waals surface area contributed by atoms with E-state index in [0.717, 1.165) is 0 Å². The van der Waals surface area contributed by atoms with Crippen LogP contribution in [-0.2, 0) is 6.54 Å². The lowest BCUT2D eigenvalue weighted by Gasteiger charge is -2.13. The van der Waals surface area contributed by atoms with Gasteiger partial charge < -0.3 is 10.4 Å². The molecule has 0 spiro atoms. The summed E-state index contributed by atoms with van der Waals surface area (Å²) in [5, 5.41) is 17.6. The number of fused-ring (bicyclic) bond motifs is 1. The van der Waals surface area contributed by atoms with Crippen LogP contribution in [0.25, 0.3) is 10.9 Å². The normalized spacial score (nSPS) is 12.1. The Labute approximate surface area is 155 Å². The average Bonchev–Trinajstić information content (AvgIpc) is 2.67. The Balaban J connectivity index is 1.88. The molecule has 0 fully saturated rings. The summed E-state index contributed by atoms with van der Waals surface area (Å²) >= 11 is 5.99. The monoisotopic (exact) mass is 371 g/mol. The third-order valence-electron chi connectivity index (χ3n) is 4.07. The van der Waals surface area contributed by atoms with Crippen LogP contribution in [0, 0.1) is 0 Å². The fourth-order valence-corrected chi connectivity index (χ4v) is 2.89. The molecule has 0 aliphatic rings. The van der Waals surface area contributed by atoms with E-state index in [-0.39, 0.29) is 12.2 Å². The molecule has 2 N–H and O–H groups in total. The van der Waals surface area contributed by atoms with E-state index in [0.29, 0.717) is 28.0 Å². The average molecular weight is 372 g/mol. The van der Waals surface area contributed by atoms with Crippen molar-refractivity contribution in [1.82, 2.24) is 15.1 Å². The maximum Gasteiger partial charge on any atom is 0.275 e. The Kier molecular flexibility index (Phi) is 5.35. The quantitative estimate of drug-likeness (QED) is 0.721. The lowest BCUT2D eigenvalue weighted by molar-refractivity contribution is 0.0908. The smallest absolute Gasteiger partial charge is 0.275 e. The number of halogens is 1. The highest BCUT2D eigenvalue weighted by molar-refractivity contribution is 6.31. The van der Waals surface area contributed by atoms with Crippen molar-refractivity contribution in [3.8, 4) is 0 Å². The number of carbonyl (C=O) groups is 1. The van der Waals surface area contributed by atoms with Crippen molar-refractivity contribution in [2.24, 2.45) is 0 Å². The minimum Gasteiger partial charge on any atom is -0.387 e. The van der Waals surface area contributed by atoms with Crippen LogP contribution >= 0.6 is 11.6 Å². The highest BCUT2D eigenvalue weighted by Crippen LogP contribution is 2.16. The van der Waals surface area contributed by atoms with Gasteiger partial charge in [0.15, 0.2) is 5.69 Å². The fraction of sp³-hybridized carbons (Fsp3) is 0.211. The van der Waals surface area contributed by atoms with Gasteiger partial charge in [-0.05, 0) is 30.7 Å². The number of aliphatic hydroxyl groups is 1. The molecule has 3 rings (SSSR count). The number of hydrogen-bond donors (Lipinski definition) is 2. The van der Waals surface area contributed by atoms with Gasteiger partial charge in [-0.1, -0.05) is 41.9 Å². The SMILES string of the molecule is CCn1nc(C(=O)NCC(O)c2ccccc2)c(=O)c2cc(Cl)ccc21. The van der Waals surface area contributed by atoms with Crippen LogP contribution in [0.15, 0.2) is 53.3 Å². The summed E-state index contributed by atoms with van der Waals surface area (Å²) in [4.78, 5) is 25.1. The first kappa shape index (κ1) is 18.1. The van der Waals surface area contributed by atoms with Gasteiger partial charge in [0, 0.05) is 18.1 Å². The zero-order chi connectivity index (χ0) is 18.7. The van der Waals surface area contributed by atoms with E-state index in [4.69, 9.17) is 11.6 Å². The van der Waals surface area contributed by atoms with E-state index in [1.807, 2.05) is 13.0 Å². The summed E-state index contributed by atoms with van der Waals surface area (Å²) in [6.45, 7) is 2.33. The first-order chi connectivity index (χ1) is 12.5. The van der Waals surface area contributed by atoms with Crippen molar-refractivity contribution >= 4 is 28.4 Å². The van der Waals surface area contributed by atoms with Gasteiger partial charge in [0.05, 0.1) is 17.0 Å². The molecule has 0 bridgehead atoms. The number of hydrogen-bond acceptors (Lipinski definition) is 4. The Morgan fingerprint density at radius 3 is 2.69 bits per heavy atom. The largest absolute Gasteiger partial charge is 0.387 e. The summed E-state index contributed by atoms with van der Waals surface area (Å²) < 4.78 is 1.58. The topological polar surface area (TPSA) is 84.2 Å². The minimum atomic E-state index is -0.872. The molecule has 6 nitrogen and oxygen atoms in total. The summed E-state index contributed by atoms with van der Waals surface area (Å²) in [6.07, 6.45) is -0.872. The van der Waals surface area contributed by atoms with E-state index in [2.05, 4.69) is 10.4 Å². The van der Waals surface area contributed by atoms with Gasteiger partial charge in [-0.3, -0.25) is 14.3 Å². The molecule has 134 valence electrons. The first-order valence-electron chi connectivity index (χ1n) is 8.23. The number of nitrogens with zero attached hydrogens (tertiary/aromatic N) is 2. The number of amides is 1. The molecule has 1 heterocycles. The van der Waals surface area contributed by atoms with Gasteiger partial charge in [-0.15, -0.1) is 0 Å². The molecule has 1 unspecified atom stereocenters. The third-order valence-corrected chi connectivity index (χ3v) is 4.31. The molecule has 1 amide bonds. The van der Waals surface area contributed by atoms with Crippen LogP contribution in [0.2, 0.25) is 5.02 Å². The second-order valence-corrected chi connectivity index (χ2v) is 6.23. The van der Waals surface area contributed by atoms with Crippen LogP contribution in [0.5, 0.6) is 0 Å². The molecule has 0 aliphatic heterocycles.